The van der Waals surface area contributed by atoms with Crippen molar-refractivity contribution in [2.45, 2.75) is 6.54 Å². The molecular weight excluding hydrogens is 248 g/mol. The van der Waals surface area contributed by atoms with Gasteiger partial charge in [-0.1, -0.05) is 5.21 Å². The highest BCUT2D eigenvalue weighted by atomic mass is 79.9. The lowest BCUT2D eigenvalue weighted by Crippen LogP contribution is -2.03. The molecule has 2 heterocycles. The highest BCUT2D eigenvalue weighted by Crippen LogP contribution is 2.18. The highest BCUT2D eigenvalue weighted by Gasteiger charge is 2.01. The molecule has 14 heavy (non-hydrogen) atoms. The number of tetrazole rings is 1. The van der Waals surface area contributed by atoms with Gasteiger partial charge in [-0.05, 0) is 28.1 Å². The van der Waals surface area contributed by atoms with Gasteiger partial charge < -0.3 is 5.32 Å². The summed E-state index contributed by atoms with van der Waals surface area (Å²) in [6.07, 6.45) is 1.71. The third kappa shape index (κ3) is 2.05. The van der Waals surface area contributed by atoms with Crippen LogP contribution >= 0.6 is 15.9 Å². The number of hydrogen-bond acceptors (Lipinski definition) is 5. The van der Waals surface area contributed by atoms with E-state index in [1.807, 2.05) is 12.1 Å². The van der Waals surface area contributed by atoms with Crippen molar-refractivity contribution in [3.8, 4) is 0 Å². The van der Waals surface area contributed by atoms with Crippen LogP contribution in [0.3, 0.4) is 0 Å². The van der Waals surface area contributed by atoms with Crippen LogP contribution in [-0.4, -0.2) is 25.6 Å². The van der Waals surface area contributed by atoms with Crippen molar-refractivity contribution < 1.29 is 0 Å². The van der Waals surface area contributed by atoms with Crippen molar-refractivity contribution in [2.75, 3.05) is 5.32 Å². The van der Waals surface area contributed by atoms with Crippen LogP contribution in [0, 0.1) is 0 Å². The molecule has 0 spiro atoms. The van der Waals surface area contributed by atoms with E-state index in [1.54, 1.807) is 6.20 Å². The zero-order chi connectivity index (χ0) is 9.80. The molecule has 0 aliphatic heterocycles. The Morgan fingerprint density at radius 1 is 1.50 bits per heavy atom. The van der Waals surface area contributed by atoms with E-state index >= 15 is 0 Å². The van der Waals surface area contributed by atoms with E-state index in [1.165, 1.54) is 0 Å². The summed E-state index contributed by atoms with van der Waals surface area (Å²) >= 11 is 3.37. The number of H-pyrrole nitrogens is 1. The predicted octanol–water partition coefficient (Wildman–Crippen LogP) is 0.969. The van der Waals surface area contributed by atoms with E-state index in [-0.39, 0.29) is 0 Å². The summed E-state index contributed by atoms with van der Waals surface area (Å²) in [5.74, 6) is 1.36. The molecule has 2 N–H and O–H groups in total. The molecule has 6 nitrogen and oxygen atoms in total. The van der Waals surface area contributed by atoms with E-state index in [0.717, 1.165) is 10.3 Å². The first-order valence-corrected chi connectivity index (χ1v) is 4.72. The minimum atomic E-state index is 0.492. The number of pyridine rings is 1. The Kier molecular flexibility index (Phi) is 2.68. The molecule has 0 saturated heterocycles. The quantitative estimate of drug-likeness (QED) is 0.854. The topological polar surface area (TPSA) is 79.4 Å². The minimum absolute atomic E-state index is 0.492. The number of anilines is 1. The van der Waals surface area contributed by atoms with E-state index < -0.39 is 0 Å². The Hall–Kier alpha value is -1.50. The Morgan fingerprint density at radius 3 is 3.14 bits per heavy atom. The van der Waals surface area contributed by atoms with Crippen molar-refractivity contribution in [2.24, 2.45) is 0 Å². The second-order valence-electron chi connectivity index (χ2n) is 2.52. The smallest absolute Gasteiger partial charge is 0.193 e. The van der Waals surface area contributed by atoms with Gasteiger partial charge in [0.15, 0.2) is 5.82 Å². The maximum absolute atomic E-state index is 4.13. The molecule has 0 bridgehead atoms. The molecule has 0 aliphatic carbocycles. The normalized spacial score (nSPS) is 10.1. The van der Waals surface area contributed by atoms with E-state index in [0.29, 0.717) is 12.4 Å². The molecule has 0 aromatic carbocycles. The van der Waals surface area contributed by atoms with Crippen molar-refractivity contribution in [3.63, 3.8) is 0 Å². The van der Waals surface area contributed by atoms with Gasteiger partial charge in [-0.2, -0.15) is 5.21 Å². The molecule has 7 heteroatoms. The molecule has 72 valence electrons. The van der Waals surface area contributed by atoms with E-state index in [4.69, 9.17) is 0 Å². The summed E-state index contributed by atoms with van der Waals surface area (Å²) in [6.45, 7) is 0.492. The van der Waals surface area contributed by atoms with Crippen molar-refractivity contribution in [1.29, 1.82) is 0 Å². The molecule has 2 rings (SSSR count). The van der Waals surface area contributed by atoms with Gasteiger partial charge in [0.1, 0.15) is 5.82 Å². The largest absolute Gasteiger partial charge is 0.362 e. The van der Waals surface area contributed by atoms with Crippen LogP contribution in [0.4, 0.5) is 5.82 Å². The zero-order valence-corrected chi connectivity index (χ0v) is 8.69. The molecule has 0 radical (unpaired) electrons. The van der Waals surface area contributed by atoms with Crippen molar-refractivity contribution in [3.05, 3.63) is 28.6 Å². The maximum Gasteiger partial charge on any atom is 0.193 e. The number of nitrogens with zero attached hydrogens (tertiary/aromatic N) is 4. The molecule has 2 aromatic rings. The monoisotopic (exact) mass is 254 g/mol. The van der Waals surface area contributed by atoms with Gasteiger partial charge in [0.25, 0.3) is 0 Å². The second kappa shape index (κ2) is 4.14. The molecule has 0 fully saturated rings. The van der Waals surface area contributed by atoms with E-state index in [2.05, 4.69) is 46.9 Å². The number of halogens is 1. The number of nitrogens with one attached hydrogen (secondary N) is 2. The molecule has 2 aromatic heterocycles. The van der Waals surface area contributed by atoms with Gasteiger partial charge >= 0.3 is 0 Å². The predicted molar refractivity (Wildman–Crippen MR) is 53.4 cm³/mol. The first-order valence-electron chi connectivity index (χ1n) is 3.93. The van der Waals surface area contributed by atoms with Crippen LogP contribution in [0.15, 0.2) is 22.8 Å². The molecule has 0 atom stereocenters. The first kappa shape index (κ1) is 9.07. The molecule has 0 saturated carbocycles. The van der Waals surface area contributed by atoms with Gasteiger partial charge in [0, 0.05) is 6.20 Å². The lowest BCUT2D eigenvalue weighted by molar-refractivity contribution is 0.881. The molecule has 0 aliphatic rings. The highest BCUT2D eigenvalue weighted by molar-refractivity contribution is 9.10. The Bertz CT molecular complexity index is 400. The average Bonchev–Trinajstić information content (AvgIpc) is 2.69. The van der Waals surface area contributed by atoms with Crippen LogP contribution in [-0.2, 0) is 6.54 Å². The molecule has 0 amide bonds. The number of rotatable bonds is 3. The summed E-state index contributed by atoms with van der Waals surface area (Å²) < 4.78 is 0.906. The van der Waals surface area contributed by atoms with Gasteiger partial charge in [0.2, 0.25) is 0 Å². The van der Waals surface area contributed by atoms with Gasteiger partial charge in [-0.3, -0.25) is 0 Å². The van der Waals surface area contributed by atoms with Crippen LogP contribution in [0.5, 0.6) is 0 Å². The fourth-order valence-electron chi connectivity index (χ4n) is 0.936. The van der Waals surface area contributed by atoms with Crippen LogP contribution in [0.1, 0.15) is 5.82 Å². The van der Waals surface area contributed by atoms with Gasteiger partial charge in [-0.15, -0.1) is 10.2 Å². The maximum atomic E-state index is 4.13. The fourth-order valence-corrected chi connectivity index (χ4v) is 1.33. The summed E-state index contributed by atoms with van der Waals surface area (Å²) in [7, 11) is 0. The number of aromatic nitrogens is 5. The Balaban J connectivity index is 2.02. The minimum Gasteiger partial charge on any atom is -0.362 e. The standard InChI is InChI=1S/C7H7BrN6/c8-5-2-1-3-9-7(5)10-4-6-11-13-14-12-6/h1-3H,4H2,(H,9,10)(H,11,12,13,14). The zero-order valence-electron chi connectivity index (χ0n) is 7.11. The van der Waals surface area contributed by atoms with Gasteiger partial charge in [0.05, 0.1) is 11.0 Å². The van der Waals surface area contributed by atoms with Crippen LogP contribution in [0.25, 0.3) is 0 Å². The van der Waals surface area contributed by atoms with Crippen molar-refractivity contribution in [1.82, 2.24) is 25.6 Å². The number of hydrogen-bond donors (Lipinski definition) is 2. The SMILES string of the molecule is Brc1cccnc1NCc1nn[nH]n1. The van der Waals surface area contributed by atoms with Crippen molar-refractivity contribution >= 4 is 21.7 Å². The third-order valence-electron chi connectivity index (χ3n) is 1.56. The summed E-state index contributed by atoms with van der Waals surface area (Å²) in [5.41, 5.74) is 0. The van der Waals surface area contributed by atoms with Crippen LogP contribution in [0.2, 0.25) is 0 Å². The number of aromatic amines is 1. The van der Waals surface area contributed by atoms with Crippen LogP contribution < -0.4 is 5.32 Å². The first-order chi connectivity index (χ1) is 6.86. The Labute approximate surface area is 88.3 Å². The second-order valence-corrected chi connectivity index (χ2v) is 3.37. The lowest BCUT2D eigenvalue weighted by Gasteiger charge is -2.03. The fraction of sp³-hybridized carbons (Fsp3) is 0.143. The Morgan fingerprint density at radius 2 is 2.43 bits per heavy atom. The summed E-state index contributed by atoms with van der Waals surface area (Å²) in [4.78, 5) is 4.13. The molecular formula is C7H7BrN6. The summed E-state index contributed by atoms with van der Waals surface area (Å²) in [6, 6.07) is 3.76. The van der Waals surface area contributed by atoms with E-state index in [9.17, 15) is 0 Å². The summed E-state index contributed by atoms with van der Waals surface area (Å²) in [5, 5.41) is 16.5. The van der Waals surface area contributed by atoms with Gasteiger partial charge in [-0.25, -0.2) is 4.98 Å². The lowest BCUT2D eigenvalue weighted by atomic mass is 10.4. The molecule has 0 unspecified atom stereocenters. The average molecular weight is 255 g/mol. The third-order valence-corrected chi connectivity index (χ3v) is 2.20.